The number of hydrogen-bond acceptors (Lipinski definition) is 3. The first-order valence-corrected chi connectivity index (χ1v) is 8.99. The van der Waals surface area contributed by atoms with Crippen LogP contribution < -0.4 is 4.74 Å². The van der Waals surface area contributed by atoms with E-state index in [1.54, 1.807) is 12.1 Å². The smallest absolute Gasteiger partial charge is 0.343 e. The van der Waals surface area contributed by atoms with Gasteiger partial charge in [-0.15, -0.1) is 0 Å². The Morgan fingerprint density at radius 1 is 0.889 bits per heavy atom. The lowest BCUT2D eigenvalue weighted by atomic mass is 10.1. The third-order valence-corrected chi connectivity index (χ3v) is 4.58. The zero-order valence-corrected chi connectivity index (χ0v) is 15.1. The number of esters is 1. The van der Waals surface area contributed by atoms with Crippen molar-refractivity contribution in [2.45, 2.75) is 13.3 Å². The van der Waals surface area contributed by atoms with Crippen LogP contribution in [0.25, 0.3) is 22.0 Å². The second kappa shape index (κ2) is 7.42. The van der Waals surface area contributed by atoms with Crippen LogP contribution in [0.3, 0.4) is 0 Å². The molecule has 4 aromatic rings. The van der Waals surface area contributed by atoms with Gasteiger partial charge in [-0.05, 0) is 53.1 Å². The molecule has 0 aliphatic heterocycles. The topological polar surface area (TPSA) is 39.2 Å². The summed E-state index contributed by atoms with van der Waals surface area (Å²) in [6.07, 6.45) is 2.85. The van der Waals surface area contributed by atoms with Gasteiger partial charge in [-0.25, -0.2) is 4.79 Å². The molecule has 4 rings (SSSR count). The molecular formula is C24H19NO2. The van der Waals surface area contributed by atoms with Crippen molar-refractivity contribution in [2.24, 2.45) is 0 Å². The van der Waals surface area contributed by atoms with Crippen molar-refractivity contribution in [3.05, 3.63) is 96.2 Å². The molecule has 0 spiro atoms. The van der Waals surface area contributed by atoms with Gasteiger partial charge in [0.25, 0.3) is 0 Å². The highest BCUT2D eigenvalue weighted by molar-refractivity contribution is 5.92. The van der Waals surface area contributed by atoms with E-state index >= 15 is 0 Å². The van der Waals surface area contributed by atoms with Crippen LogP contribution in [0.2, 0.25) is 0 Å². The first-order valence-electron chi connectivity index (χ1n) is 8.99. The highest BCUT2D eigenvalue weighted by Crippen LogP contribution is 2.22. The van der Waals surface area contributed by atoms with Gasteiger partial charge >= 0.3 is 5.97 Å². The van der Waals surface area contributed by atoms with Crippen LogP contribution in [-0.4, -0.2) is 11.0 Å². The summed E-state index contributed by atoms with van der Waals surface area (Å²) in [5.41, 5.74) is 3.58. The summed E-state index contributed by atoms with van der Waals surface area (Å²) >= 11 is 0. The first-order chi connectivity index (χ1) is 13.2. The summed E-state index contributed by atoms with van der Waals surface area (Å²) in [7, 11) is 0. The van der Waals surface area contributed by atoms with Crippen molar-refractivity contribution in [3.63, 3.8) is 0 Å². The Kier molecular flexibility index (Phi) is 4.67. The van der Waals surface area contributed by atoms with Crippen molar-refractivity contribution >= 4 is 16.7 Å². The van der Waals surface area contributed by atoms with Gasteiger partial charge in [0.2, 0.25) is 0 Å². The number of rotatable bonds is 4. The van der Waals surface area contributed by atoms with Gasteiger partial charge < -0.3 is 4.74 Å². The van der Waals surface area contributed by atoms with Crippen LogP contribution in [0.15, 0.2) is 85.1 Å². The zero-order valence-electron chi connectivity index (χ0n) is 15.1. The van der Waals surface area contributed by atoms with Crippen LogP contribution in [0.4, 0.5) is 0 Å². The number of carbonyl (C=O) groups excluding carboxylic acids is 1. The molecule has 0 aliphatic rings. The molecule has 0 bridgehead atoms. The summed E-state index contributed by atoms with van der Waals surface area (Å²) in [6.45, 7) is 2.10. The largest absolute Gasteiger partial charge is 0.423 e. The second-order valence-electron chi connectivity index (χ2n) is 6.38. The Hall–Kier alpha value is -3.46. The van der Waals surface area contributed by atoms with Gasteiger partial charge in [-0.2, -0.15) is 0 Å². The molecular weight excluding hydrogens is 334 g/mol. The number of pyridine rings is 1. The molecule has 0 saturated carbocycles. The second-order valence-corrected chi connectivity index (χ2v) is 6.38. The molecule has 3 nitrogen and oxygen atoms in total. The Balaban J connectivity index is 1.51. The summed E-state index contributed by atoms with van der Waals surface area (Å²) < 4.78 is 5.53. The molecule has 1 heterocycles. The molecule has 0 aliphatic carbocycles. The lowest BCUT2D eigenvalue weighted by Crippen LogP contribution is -2.08. The van der Waals surface area contributed by atoms with E-state index in [0.717, 1.165) is 28.5 Å². The van der Waals surface area contributed by atoms with E-state index in [0.29, 0.717) is 11.3 Å². The monoisotopic (exact) mass is 353 g/mol. The Morgan fingerprint density at radius 2 is 1.67 bits per heavy atom. The van der Waals surface area contributed by atoms with Crippen molar-refractivity contribution in [2.75, 3.05) is 0 Å². The van der Waals surface area contributed by atoms with E-state index in [-0.39, 0.29) is 5.97 Å². The van der Waals surface area contributed by atoms with Crippen LogP contribution >= 0.6 is 0 Å². The normalized spacial score (nSPS) is 10.7. The Labute approximate surface area is 158 Å². The van der Waals surface area contributed by atoms with Gasteiger partial charge in [0.15, 0.2) is 0 Å². The van der Waals surface area contributed by atoms with E-state index in [1.165, 1.54) is 5.56 Å². The predicted octanol–water partition coefficient (Wildman–Crippen LogP) is 5.68. The highest BCUT2D eigenvalue weighted by atomic mass is 16.5. The van der Waals surface area contributed by atoms with Gasteiger partial charge in [0.1, 0.15) is 5.75 Å². The third kappa shape index (κ3) is 3.72. The number of aryl methyl sites for hydroxylation is 1. The quantitative estimate of drug-likeness (QED) is 0.350. The van der Waals surface area contributed by atoms with Crippen LogP contribution in [0, 0.1) is 0 Å². The molecule has 27 heavy (non-hydrogen) atoms. The van der Waals surface area contributed by atoms with Crippen molar-refractivity contribution in [1.29, 1.82) is 0 Å². The van der Waals surface area contributed by atoms with Crippen LogP contribution in [-0.2, 0) is 6.42 Å². The summed E-state index contributed by atoms with van der Waals surface area (Å²) in [6, 6.07) is 25.0. The predicted molar refractivity (Wildman–Crippen MR) is 108 cm³/mol. The van der Waals surface area contributed by atoms with Crippen LogP contribution in [0.1, 0.15) is 22.8 Å². The number of nitrogens with zero attached hydrogens (tertiary/aromatic N) is 1. The number of ether oxygens (including phenoxy) is 1. The van der Waals surface area contributed by atoms with E-state index in [4.69, 9.17) is 4.74 Å². The van der Waals surface area contributed by atoms with E-state index in [1.807, 2.05) is 66.9 Å². The zero-order chi connectivity index (χ0) is 18.6. The fourth-order valence-electron chi connectivity index (χ4n) is 2.98. The first kappa shape index (κ1) is 17.0. The maximum absolute atomic E-state index is 12.4. The average Bonchev–Trinajstić information content (AvgIpc) is 2.74. The van der Waals surface area contributed by atoms with E-state index in [9.17, 15) is 4.79 Å². The number of fused-ring (bicyclic) bond motifs is 1. The maximum atomic E-state index is 12.4. The Bertz CT molecular complexity index is 1080. The fraction of sp³-hybridized carbons (Fsp3) is 0.0833. The average molecular weight is 353 g/mol. The minimum absolute atomic E-state index is 0.369. The molecule has 3 aromatic carbocycles. The van der Waals surface area contributed by atoms with Crippen molar-refractivity contribution in [3.8, 4) is 17.0 Å². The molecule has 0 N–H and O–H groups in total. The molecule has 0 atom stereocenters. The summed E-state index contributed by atoms with van der Waals surface area (Å²) in [4.78, 5) is 16.9. The Morgan fingerprint density at radius 3 is 2.37 bits per heavy atom. The van der Waals surface area contributed by atoms with Crippen molar-refractivity contribution in [1.82, 2.24) is 4.98 Å². The molecule has 1 aromatic heterocycles. The fourth-order valence-corrected chi connectivity index (χ4v) is 2.98. The van der Waals surface area contributed by atoms with Gasteiger partial charge in [-0.3, -0.25) is 4.98 Å². The minimum Gasteiger partial charge on any atom is -0.423 e. The standard InChI is InChI=1S/C24H19NO2/c1-2-17-7-14-23(25-16-17)19-8-10-20(11-9-19)24(26)27-22-13-12-18-5-3-4-6-21(18)15-22/h3-16H,2H2,1H3. The molecule has 0 fully saturated rings. The van der Waals surface area contributed by atoms with Gasteiger partial charge in [0, 0.05) is 11.8 Å². The minimum atomic E-state index is -0.369. The van der Waals surface area contributed by atoms with E-state index < -0.39 is 0 Å². The molecule has 0 saturated heterocycles. The molecule has 132 valence electrons. The molecule has 0 unspecified atom stereocenters. The molecule has 0 radical (unpaired) electrons. The van der Waals surface area contributed by atoms with Crippen molar-refractivity contribution < 1.29 is 9.53 Å². The molecule has 3 heteroatoms. The highest BCUT2D eigenvalue weighted by Gasteiger charge is 2.10. The number of carbonyl (C=O) groups is 1. The summed E-state index contributed by atoms with van der Waals surface area (Å²) in [5.74, 6) is 0.172. The van der Waals surface area contributed by atoms with Gasteiger partial charge in [-0.1, -0.05) is 55.5 Å². The number of benzene rings is 3. The number of aromatic nitrogens is 1. The summed E-state index contributed by atoms with van der Waals surface area (Å²) in [5, 5.41) is 2.16. The SMILES string of the molecule is CCc1ccc(-c2ccc(C(=O)Oc3ccc4ccccc4c3)cc2)nc1. The number of hydrogen-bond donors (Lipinski definition) is 0. The maximum Gasteiger partial charge on any atom is 0.343 e. The lowest BCUT2D eigenvalue weighted by molar-refractivity contribution is 0.0735. The lowest BCUT2D eigenvalue weighted by Gasteiger charge is -2.07. The molecule has 0 amide bonds. The van der Waals surface area contributed by atoms with Crippen LogP contribution in [0.5, 0.6) is 5.75 Å². The van der Waals surface area contributed by atoms with E-state index in [2.05, 4.69) is 18.0 Å². The van der Waals surface area contributed by atoms with Gasteiger partial charge in [0.05, 0.1) is 11.3 Å². The third-order valence-electron chi connectivity index (χ3n) is 4.58.